The van der Waals surface area contributed by atoms with Gasteiger partial charge in [-0.25, -0.2) is 9.97 Å². The van der Waals surface area contributed by atoms with E-state index in [-0.39, 0.29) is 5.92 Å². The molecule has 1 unspecified atom stereocenters. The number of rotatable bonds is 2. The number of anilines is 1. The van der Waals surface area contributed by atoms with Gasteiger partial charge in [0.2, 0.25) is 5.91 Å². The Morgan fingerprint density at radius 1 is 1.04 bits per heavy atom. The Kier molecular flexibility index (Phi) is 3.73. The third-order valence-electron chi connectivity index (χ3n) is 4.86. The number of pyridine rings is 1. The molecule has 23 heavy (non-hydrogen) atoms. The van der Waals surface area contributed by atoms with Gasteiger partial charge in [0.25, 0.3) is 0 Å². The van der Waals surface area contributed by atoms with Crippen LogP contribution in [0.5, 0.6) is 0 Å². The van der Waals surface area contributed by atoms with Gasteiger partial charge in [-0.05, 0) is 18.6 Å². The number of carbonyl (C=O) groups is 1. The smallest absolute Gasteiger partial charge is 0.226 e. The standard InChI is InChI=1S/C17H21N5O/c23-17(14-4-7-20-8-6-19-16(20)13-14)22-11-9-21(10-12-22)15-3-1-2-5-18-15/h1-3,5-6,8,14H,4,7,9-13H2. The van der Waals surface area contributed by atoms with E-state index < -0.39 is 0 Å². The first-order valence-electron chi connectivity index (χ1n) is 8.26. The number of hydrogen-bond donors (Lipinski definition) is 0. The van der Waals surface area contributed by atoms with Crippen LogP contribution < -0.4 is 4.90 Å². The molecule has 0 spiro atoms. The Labute approximate surface area is 135 Å². The van der Waals surface area contributed by atoms with Gasteiger partial charge in [0, 0.05) is 63.7 Å². The molecular formula is C17H21N5O. The minimum absolute atomic E-state index is 0.0892. The van der Waals surface area contributed by atoms with Crippen molar-refractivity contribution in [2.75, 3.05) is 31.1 Å². The Bertz CT molecular complexity index is 675. The molecule has 0 saturated carbocycles. The first-order valence-corrected chi connectivity index (χ1v) is 8.26. The van der Waals surface area contributed by atoms with Crippen molar-refractivity contribution >= 4 is 11.7 Å². The SMILES string of the molecule is O=C(C1CCn2ccnc2C1)N1CCN(c2ccccn2)CC1. The van der Waals surface area contributed by atoms with Crippen molar-refractivity contribution in [1.82, 2.24) is 19.4 Å². The molecule has 0 bridgehead atoms. The number of piperazine rings is 1. The van der Waals surface area contributed by atoms with Crippen LogP contribution in [0, 0.1) is 5.92 Å². The molecule has 0 aromatic carbocycles. The topological polar surface area (TPSA) is 54.3 Å². The second-order valence-corrected chi connectivity index (χ2v) is 6.23. The highest BCUT2D eigenvalue weighted by Gasteiger charge is 2.30. The Hall–Kier alpha value is -2.37. The molecular weight excluding hydrogens is 290 g/mol. The number of aromatic nitrogens is 3. The molecule has 2 aromatic heterocycles. The van der Waals surface area contributed by atoms with Gasteiger partial charge in [0.05, 0.1) is 0 Å². The lowest BCUT2D eigenvalue weighted by Crippen LogP contribution is -2.51. The van der Waals surface area contributed by atoms with Crippen molar-refractivity contribution in [2.45, 2.75) is 19.4 Å². The first-order chi connectivity index (χ1) is 11.3. The molecule has 2 aromatic rings. The maximum atomic E-state index is 12.8. The van der Waals surface area contributed by atoms with Gasteiger partial charge in [-0.2, -0.15) is 0 Å². The lowest BCUT2D eigenvalue weighted by molar-refractivity contribution is -0.136. The van der Waals surface area contributed by atoms with Crippen LogP contribution in [-0.4, -0.2) is 51.5 Å². The first kappa shape index (κ1) is 14.2. The van der Waals surface area contributed by atoms with E-state index in [4.69, 9.17) is 0 Å². The number of fused-ring (bicyclic) bond motifs is 1. The molecule has 0 radical (unpaired) electrons. The Morgan fingerprint density at radius 3 is 2.70 bits per heavy atom. The molecule has 1 amide bonds. The molecule has 4 rings (SSSR count). The van der Waals surface area contributed by atoms with Gasteiger partial charge >= 0.3 is 0 Å². The summed E-state index contributed by atoms with van der Waals surface area (Å²) in [6.45, 7) is 4.16. The molecule has 4 heterocycles. The fourth-order valence-electron chi connectivity index (χ4n) is 3.52. The number of imidazole rings is 1. The zero-order valence-electron chi connectivity index (χ0n) is 13.1. The lowest BCUT2D eigenvalue weighted by Gasteiger charge is -2.37. The molecule has 2 aliphatic rings. The molecule has 0 aliphatic carbocycles. The number of nitrogens with zero attached hydrogens (tertiary/aromatic N) is 5. The predicted octanol–water partition coefficient (Wildman–Crippen LogP) is 1.19. The Balaban J connectivity index is 1.36. The minimum atomic E-state index is 0.0892. The largest absolute Gasteiger partial charge is 0.353 e. The van der Waals surface area contributed by atoms with Gasteiger partial charge in [-0.15, -0.1) is 0 Å². The summed E-state index contributed by atoms with van der Waals surface area (Å²) in [5.41, 5.74) is 0. The van der Waals surface area contributed by atoms with Gasteiger partial charge < -0.3 is 14.4 Å². The van der Waals surface area contributed by atoms with Crippen LogP contribution in [0.15, 0.2) is 36.8 Å². The molecule has 1 saturated heterocycles. The fraction of sp³-hybridized carbons (Fsp3) is 0.471. The van der Waals surface area contributed by atoms with Crippen LogP contribution in [0.2, 0.25) is 0 Å². The summed E-state index contributed by atoms with van der Waals surface area (Å²) in [5, 5.41) is 0. The predicted molar refractivity (Wildman–Crippen MR) is 87.1 cm³/mol. The maximum Gasteiger partial charge on any atom is 0.226 e. The van der Waals surface area contributed by atoms with E-state index in [0.29, 0.717) is 5.91 Å². The van der Waals surface area contributed by atoms with Crippen LogP contribution in [0.1, 0.15) is 12.2 Å². The molecule has 2 aliphatic heterocycles. The van der Waals surface area contributed by atoms with E-state index >= 15 is 0 Å². The molecule has 1 atom stereocenters. The summed E-state index contributed by atoms with van der Waals surface area (Å²) in [6, 6.07) is 5.96. The van der Waals surface area contributed by atoms with Crippen LogP contribution >= 0.6 is 0 Å². The van der Waals surface area contributed by atoms with Crippen LogP contribution in [-0.2, 0) is 17.8 Å². The van der Waals surface area contributed by atoms with E-state index in [1.807, 2.05) is 41.7 Å². The number of carbonyl (C=O) groups excluding carboxylic acids is 1. The third kappa shape index (κ3) is 2.81. The van der Waals surface area contributed by atoms with Crippen molar-refractivity contribution in [2.24, 2.45) is 5.92 Å². The van der Waals surface area contributed by atoms with Crippen molar-refractivity contribution in [3.63, 3.8) is 0 Å². The zero-order valence-corrected chi connectivity index (χ0v) is 13.1. The zero-order chi connectivity index (χ0) is 15.6. The van der Waals surface area contributed by atoms with E-state index in [1.54, 1.807) is 0 Å². The second-order valence-electron chi connectivity index (χ2n) is 6.23. The third-order valence-corrected chi connectivity index (χ3v) is 4.86. The highest BCUT2D eigenvalue weighted by Crippen LogP contribution is 2.22. The molecule has 120 valence electrons. The molecule has 6 heteroatoms. The fourth-order valence-corrected chi connectivity index (χ4v) is 3.52. The minimum Gasteiger partial charge on any atom is -0.353 e. The highest BCUT2D eigenvalue weighted by atomic mass is 16.2. The highest BCUT2D eigenvalue weighted by molar-refractivity contribution is 5.79. The summed E-state index contributed by atoms with van der Waals surface area (Å²) in [6.07, 6.45) is 7.33. The monoisotopic (exact) mass is 311 g/mol. The van der Waals surface area contributed by atoms with Gasteiger partial charge in [0.15, 0.2) is 0 Å². The molecule has 0 N–H and O–H groups in total. The molecule has 6 nitrogen and oxygen atoms in total. The lowest BCUT2D eigenvalue weighted by atomic mass is 9.96. The van der Waals surface area contributed by atoms with Crippen LogP contribution in [0.4, 0.5) is 5.82 Å². The summed E-state index contributed by atoms with van der Waals surface area (Å²) >= 11 is 0. The van der Waals surface area contributed by atoms with E-state index in [1.165, 1.54) is 0 Å². The van der Waals surface area contributed by atoms with Crippen LogP contribution in [0.25, 0.3) is 0 Å². The molecule has 1 fully saturated rings. The van der Waals surface area contributed by atoms with Crippen molar-refractivity contribution in [3.05, 3.63) is 42.6 Å². The average Bonchev–Trinajstić information content (AvgIpc) is 3.10. The van der Waals surface area contributed by atoms with E-state index in [2.05, 4.69) is 19.4 Å². The quantitative estimate of drug-likeness (QED) is 0.836. The summed E-state index contributed by atoms with van der Waals surface area (Å²) in [7, 11) is 0. The van der Waals surface area contributed by atoms with Crippen LogP contribution in [0.3, 0.4) is 0 Å². The average molecular weight is 311 g/mol. The van der Waals surface area contributed by atoms with Gasteiger partial charge in [0.1, 0.15) is 11.6 Å². The number of amides is 1. The summed E-state index contributed by atoms with van der Waals surface area (Å²) in [4.78, 5) is 25.8. The van der Waals surface area contributed by atoms with E-state index in [9.17, 15) is 4.79 Å². The summed E-state index contributed by atoms with van der Waals surface area (Å²) < 4.78 is 2.16. The van der Waals surface area contributed by atoms with Gasteiger partial charge in [-0.3, -0.25) is 4.79 Å². The number of hydrogen-bond acceptors (Lipinski definition) is 4. The van der Waals surface area contributed by atoms with E-state index in [0.717, 1.165) is 57.2 Å². The van der Waals surface area contributed by atoms with Crippen molar-refractivity contribution in [3.8, 4) is 0 Å². The maximum absolute atomic E-state index is 12.8. The Morgan fingerprint density at radius 2 is 1.91 bits per heavy atom. The normalized spacial score (nSPS) is 21.1. The van der Waals surface area contributed by atoms with Crippen molar-refractivity contribution < 1.29 is 4.79 Å². The number of aryl methyl sites for hydroxylation is 1. The summed E-state index contributed by atoms with van der Waals surface area (Å²) in [5.74, 6) is 2.42. The van der Waals surface area contributed by atoms with Gasteiger partial charge in [-0.1, -0.05) is 6.07 Å². The van der Waals surface area contributed by atoms with Crippen molar-refractivity contribution in [1.29, 1.82) is 0 Å². The second kappa shape index (κ2) is 6.02.